The van der Waals surface area contributed by atoms with E-state index in [4.69, 9.17) is 5.73 Å². The van der Waals surface area contributed by atoms with Crippen LogP contribution in [0.4, 0.5) is 10.3 Å². The summed E-state index contributed by atoms with van der Waals surface area (Å²) in [5.41, 5.74) is 5.92. The van der Waals surface area contributed by atoms with E-state index in [0.29, 0.717) is 9.22 Å². The number of halogens is 2. The van der Waals surface area contributed by atoms with Gasteiger partial charge in [-0.3, -0.25) is 0 Å². The minimum atomic E-state index is -0.350. The number of pyridine rings is 1. The van der Waals surface area contributed by atoms with Gasteiger partial charge in [0, 0.05) is 0 Å². The third-order valence-corrected chi connectivity index (χ3v) is 2.17. The van der Waals surface area contributed by atoms with Gasteiger partial charge in [0.1, 0.15) is 5.82 Å². The maximum absolute atomic E-state index is 12.8. The number of nitrogens with zero attached hydrogens (tertiary/aromatic N) is 3. The maximum Gasteiger partial charge on any atom is 0.240 e. The van der Waals surface area contributed by atoms with Gasteiger partial charge in [-0.2, -0.15) is 4.98 Å². The van der Waals surface area contributed by atoms with Crippen molar-refractivity contribution in [2.24, 2.45) is 0 Å². The van der Waals surface area contributed by atoms with E-state index in [-0.39, 0.29) is 11.8 Å². The average molecular weight is 278 g/mol. The lowest BCUT2D eigenvalue weighted by Crippen LogP contribution is -1.92. The lowest BCUT2D eigenvalue weighted by Gasteiger charge is -1.93. The number of nitrogens with two attached hydrogens (primary N) is 1. The van der Waals surface area contributed by atoms with Crippen molar-refractivity contribution >= 4 is 34.2 Å². The molecule has 0 fully saturated rings. The van der Waals surface area contributed by atoms with Crippen molar-refractivity contribution in [2.45, 2.75) is 0 Å². The summed E-state index contributed by atoms with van der Waals surface area (Å²) in [4.78, 5) is 3.91. The van der Waals surface area contributed by atoms with E-state index < -0.39 is 0 Å². The van der Waals surface area contributed by atoms with Crippen molar-refractivity contribution in [1.29, 1.82) is 0 Å². The van der Waals surface area contributed by atoms with Crippen LogP contribution in [0.1, 0.15) is 0 Å². The molecule has 2 rings (SSSR count). The zero-order valence-corrected chi connectivity index (χ0v) is 7.99. The van der Waals surface area contributed by atoms with Crippen LogP contribution in [0, 0.1) is 9.39 Å². The Bertz CT molecular complexity index is 438. The first-order chi connectivity index (χ1) is 5.66. The van der Waals surface area contributed by atoms with Gasteiger partial charge < -0.3 is 5.73 Å². The Hall–Kier alpha value is -0.920. The first kappa shape index (κ1) is 7.71. The van der Waals surface area contributed by atoms with E-state index in [1.54, 1.807) is 0 Å². The molecule has 2 heterocycles. The summed E-state index contributed by atoms with van der Waals surface area (Å²) in [5, 5.41) is 3.77. The highest BCUT2D eigenvalue weighted by atomic mass is 127. The summed E-state index contributed by atoms with van der Waals surface area (Å²) in [6.07, 6.45) is 1.24. The molecule has 2 aromatic heterocycles. The molecule has 0 aliphatic carbocycles. The van der Waals surface area contributed by atoms with E-state index in [1.807, 2.05) is 22.6 Å². The predicted molar refractivity (Wildman–Crippen MR) is 50.1 cm³/mol. The van der Waals surface area contributed by atoms with Crippen LogP contribution in [0.5, 0.6) is 0 Å². The molecule has 0 bridgehead atoms. The molecule has 2 N–H and O–H groups in total. The minimum Gasteiger partial charge on any atom is -0.366 e. The molecule has 0 aliphatic heterocycles. The van der Waals surface area contributed by atoms with Crippen molar-refractivity contribution in [1.82, 2.24) is 14.6 Å². The van der Waals surface area contributed by atoms with Gasteiger partial charge in [0.2, 0.25) is 5.95 Å². The number of nitrogen functional groups attached to an aromatic ring is 1. The van der Waals surface area contributed by atoms with Crippen molar-refractivity contribution in [2.75, 3.05) is 5.73 Å². The van der Waals surface area contributed by atoms with Crippen LogP contribution < -0.4 is 5.73 Å². The zero-order chi connectivity index (χ0) is 8.72. The third kappa shape index (κ3) is 1.11. The van der Waals surface area contributed by atoms with Gasteiger partial charge in [-0.05, 0) is 28.7 Å². The van der Waals surface area contributed by atoms with E-state index >= 15 is 0 Å². The maximum atomic E-state index is 12.8. The number of hydrogen-bond donors (Lipinski definition) is 1. The van der Waals surface area contributed by atoms with Gasteiger partial charge in [-0.25, -0.2) is 8.91 Å². The summed E-state index contributed by atoms with van der Waals surface area (Å²) in [6, 6.07) is 1.38. The second kappa shape index (κ2) is 2.54. The first-order valence-electron chi connectivity index (χ1n) is 3.14. The molecule has 6 heteroatoms. The van der Waals surface area contributed by atoms with E-state index in [0.717, 1.165) is 0 Å². The van der Waals surface area contributed by atoms with Crippen LogP contribution in [0.15, 0.2) is 12.3 Å². The molecule has 62 valence electrons. The quantitative estimate of drug-likeness (QED) is 0.733. The molecule has 0 aromatic carbocycles. The third-order valence-electron chi connectivity index (χ3n) is 1.37. The summed E-state index contributed by atoms with van der Waals surface area (Å²) in [5.74, 6) is -0.199. The van der Waals surface area contributed by atoms with Crippen LogP contribution >= 0.6 is 22.6 Å². The number of hydrogen-bond acceptors (Lipinski definition) is 3. The molecule has 0 saturated carbocycles. The van der Waals surface area contributed by atoms with Crippen LogP contribution in [-0.2, 0) is 0 Å². The minimum absolute atomic E-state index is 0.151. The van der Waals surface area contributed by atoms with Gasteiger partial charge in [0.15, 0.2) is 5.65 Å². The summed E-state index contributed by atoms with van der Waals surface area (Å²) >= 11 is 1.98. The van der Waals surface area contributed by atoms with Gasteiger partial charge in [0.05, 0.1) is 9.77 Å². The smallest absolute Gasteiger partial charge is 0.240 e. The van der Waals surface area contributed by atoms with Gasteiger partial charge in [0.25, 0.3) is 0 Å². The SMILES string of the molecule is Nc1nc2c(I)cc(F)cn2n1. The van der Waals surface area contributed by atoms with E-state index in [9.17, 15) is 4.39 Å². The Morgan fingerprint density at radius 3 is 3.08 bits per heavy atom. The molecule has 12 heavy (non-hydrogen) atoms. The highest BCUT2D eigenvalue weighted by molar-refractivity contribution is 14.1. The predicted octanol–water partition coefficient (Wildman–Crippen LogP) is 1.06. The molecule has 0 spiro atoms. The van der Waals surface area contributed by atoms with Crippen LogP contribution in [-0.4, -0.2) is 14.6 Å². The van der Waals surface area contributed by atoms with Crippen molar-refractivity contribution in [3.8, 4) is 0 Å². The molecular weight excluding hydrogens is 274 g/mol. The standard InChI is InChI=1S/C6H4FIN4/c7-3-1-4(8)5-10-6(9)11-12(5)2-3/h1-2H,(H2,9,11). The summed E-state index contributed by atoms with van der Waals surface area (Å²) in [7, 11) is 0. The lowest BCUT2D eigenvalue weighted by molar-refractivity contribution is 0.613. The Labute approximate surface area is 80.7 Å². The lowest BCUT2D eigenvalue weighted by atomic mass is 10.5. The molecule has 0 radical (unpaired) electrons. The average Bonchev–Trinajstić information content (AvgIpc) is 2.29. The number of fused-ring (bicyclic) bond motifs is 1. The fourth-order valence-electron chi connectivity index (χ4n) is 0.932. The van der Waals surface area contributed by atoms with Crippen LogP contribution in [0.3, 0.4) is 0 Å². The molecule has 0 unspecified atom stereocenters. The molecular formula is C6H4FIN4. The number of anilines is 1. The Morgan fingerprint density at radius 2 is 2.33 bits per heavy atom. The Kier molecular flexibility index (Phi) is 1.63. The highest BCUT2D eigenvalue weighted by Crippen LogP contribution is 2.13. The second-order valence-electron chi connectivity index (χ2n) is 2.24. The van der Waals surface area contributed by atoms with Gasteiger partial charge in [-0.15, -0.1) is 5.10 Å². The number of aromatic nitrogens is 3. The first-order valence-corrected chi connectivity index (χ1v) is 4.21. The topological polar surface area (TPSA) is 56.2 Å². The molecule has 0 aliphatic rings. The van der Waals surface area contributed by atoms with Crippen molar-refractivity contribution in [3.63, 3.8) is 0 Å². The molecule has 0 amide bonds. The molecule has 4 nitrogen and oxygen atoms in total. The number of rotatable bonds is 0. The zero-order valence-electron chi connectivity index (χ0n) is 5.83. The normalized spacial score (nSPS) is 10.8. The summed E-state index contributed by atoms with van der Waals surface area (Å²) in [6.45, 7) is 0. The second-order valence-corrected chi connectivity index (χ2v) is 3.41. The summed E-state index contributed by atoms with van der Waals surface area (Å²) < 4.78 is 14.8. The molecule has 0 atom stereocenters. The monoisotopic (exact) mass is 278 g/mol. The van der Waals surface area contributed by atoms with E-state index in [2.05, 4.69) is 10.1 Å². The van der Waals surface area contributed by atoms with Crippen molar-refractivity contribution in [3.05, 3.63) is 21.7 Å². The van der Waals surface area contributed by atoms with Gasteiger partial charge >= 0.3 is 0 Å². The highest BCUT2D eigenvalue weighted by Gasteiger charge is 2.05. The Morgan fingerprint density at radius 1 is 1.58 bits per heavy atom. The molecule has 2 aromatic rings. The van der Waals surface area contributed by atoms with Crippen molar-refractivity contribution < 1.29 is 4.39 Å². The largest absolute Gasteiger partial charge is 0.366 e. The van der Waals surface area contributed by atoms with Crippen LogP contribution in [0.25, 0.3) is 5.65 Å². The van der Waals surface area contributed by atoms with Crippen LogP contribution in [0.2, 0.25) is 0 Å². The fourth-order valence-corrected chi connectivity index (χ4v) is 1.60. The molecule has 0 saturated heterocycles. The van der Waals surface area contributed by atoms with E-state index in [1.165, 1.54) is 16.8 Å². The Balaban J connectivity index is 2.88. The van der Waals surface area contributed by atoms with Gasteiger partial charge in [-0.1, -0.05) is 0 Å². The fraction of sp³-hybridized carbons (Fsp3) is 0.